The number of carbonyl (C=O) groups is 2. The Kier molecular flexibility index (Phi) is 6.22. The lowest BCUT2D eigenvalue weighted by atomic mass is 9.85. The predicted molar refractivity (Wildman–Crippen MR) is 86.9 cm³/mol. The van der Waals surface area contributed by atoms with E-state index in [9.17, 15) is 18.0 Å². The maximum atomic E-state index is 12.6. The van der Waals surface area contributed by atoms with Crippen molar-refractivity contribution in [2.24, 2.45) is 5.92 Å². The van der Waals surface area contributed by atoms with Crippen molar-refractivity contribution < 1.29 is 27.9 Å². The molecular weight excluding hydrogens is 336 g/mol. The van der Waals surface area contributed by atoms with E-state index in [0.717, 1.165) is 0 Å². The topological polar surface area (TPSA) is 113 Å². The van der Waals surface area contributed by atoms with Gasteiger partial charge in [0.2, 0.25) is 15.9 Å². The molecule has 0 saturated carbocycles. The van der Waals surface area contributed by atoms with Crippen LogP contribution in [0.1, 0.15) is 39.0 Å². The first-order chi connectivity index (χ1) is 11.3. The van der Waals surface area contributed by atoms with Crippen molar-refractivity contribution in [3.63, 3.8) is 0 Å². The van der Waals surface area contributed by atoms with E-state index in [-0.39, 0.29) is 24.6 Å². The Morgan fingerprint density at radius 3 is 2.58 bits per heavy atom. The number of rotatable bonds is 6. The second-order valence-electron chi connectivity index (χ2n) is 6.55. The van der Waals surface area contributed by atoms with E-state index >= 15 is 0 Å². The molecular formula is C15H26N2O6S. The van der Waals surface area contributed by atoms with Crippen LogP contribution in [0, 0.1) is 5.92 Å². The molecule has 2 aliphatic heterocycles. The Labute approximate surface area is 142 Å². The van der Waals surface area contributed by atoms with E-state index in [1.54, 1.807) is 6.92 Å². The van der Waals surface area contributed by atoms with Crippen LogP contribution in [0.3, 0.4) is 0 Å². The number of hydrogen-bond donors (Lipinski definition) is 2. The number of carboxylic acid groups (broad SMARTS) is 1. The summed E-state index contributed by atoms with van der Waals surface area (Å²) in [6, 6.07) is 0. The second kappa shape index (κ2) is 7.79. The minimum Gasteiger partial charge on any atom is -0.481 e. The summed E-state index contributed by atoms with van der Waals surface area (Å²) in [6.45, 7) is 3.02. The van der Waals surface area contributed by atoms with Crippen molar-refractivity contribution in [2.45, 2.75) is 44.6 Å². The fraction of sp³-hybridized carbons (Fsp3) is 0.867. The zero-order chi connectivity index (χ0) is 17.8. The molecule has 2 N–H and O–H groups in total. The Morgan fingerprint density at radius 1 is 1.33 bits per heavy atom. The van der Waals surface area contributed by atoms with Gasteiger partial charge in [0, 0.05) is 26.3 Å². The zero-order valence-electron chi connectivity index (χ0n) is 14.0. The molecule has 1 atom stereocenters. The third-order valence-electron chi connectivity index (χ3n) is 4.84. The molecule has 2 fully saturated rings. The van der Waals surface area contributed by atoms with Gasteiger partial charge in [-0.05, 0) is 32.6 Å². The van der Waals surface area contributed by atoms with Gasteiger partial charge < -0.3 is 15.2 Å². The Balaban J connectivity index is 2.05. The lowest BCUT2D eigenvalue weighted by molar-refractivity contribution is -0.141. The quantitative estimate of drug-likeness (QED) is 0.697. The van der Waals surface area contributed by atoms with Gasteiger partial charge in [0.05, 0.1) is 23.6 Å². The van der Waals surface area contributed by atoms with Crippen LogP contribution >= 0.6 is 0 Å². The van der Waals surface area contributed by atoms with Gasteiger partial charge in [-0.25, -0.2) is 12.7 Å². The van der Waals surface area contributed by atoms with Gasteiger partial charge in [0.15, 0.2) is 0 Å². The molecule has 24 heavy (non-hydrogen) atoms. The predicted octanol–water partition coefficient (Wildman–Crippen LogP) is 0.188. The molecule has 0 aromatic heterocycles. The number of nitrogens with zero attached hydrogens (tertiary/aromatic N) is 1. The third-order valence-corrected chi connectivity index (χ3v) is 6.69. The molecule has 2 aliphatic rings. The molecule has 0 aliphatic carbocycles. The Bertz CT molecular complexity index is 571. The highest BCUT2D eigenvalue weighted by atomic mass is 32.2. The number of sulfonamides is 1. The normalized spacial score (nSPS) is 25.1. The number of carbonyl (C=O) groups excluding carboxylic acids is 1. The van der Waals surface area contributed by atoms with Crippen molar-refractivity contribution >= 4 is 21.9 Å². The number of amides is 1. The van der Waals surface area contributed by atoms with E-state index in [2.05, 4.69) is 5.32 Å². The highest BCUT2D eigenvalue weighted by Crippen LogP contribution is 2.27. The molecule has 2 rings (SSSR count). The van der Waals surface area contributed by atoms with Gasteiger partial charge in [-0.2, -0.15) is 0 Å². The van der Waals surface area contributed by atoms with Crippen molar-refractivity contribution in [1.29, 1.82) is 0 Å². The highest BCUT2D eigenvalue weighted by molar-refractivity contribution is 7.89. The summed E-state index contributed by atoms with van der Waals surface area (Å²) in [6.07, 6.45) is 2.00. The smallest absolute Gasteiger partial charge is 0.305 e. The summed E-state index contributed by atoms with van der Waals surface area (Å²) < 4.78 is 30.7. The standard InChI is InChI=1S/C15H26N2O6S/c1-2-24(21,22)17-7-3-4-12(11-17)14(20)16-15(10-13(18)19)5-8-23-9-6-15/h12H,2-11H2,1H3,(H,16,20)(H,18,19). The lowest BCUT2D eigenvalue weighted by Crippen LogP contribution is -2.56. The van der Waals surface area contributed by atoms with Gasteiger partial charge in [0.25, 0.3) is 0 Å². The first-order valence-electron chi connectivity index (χ1n) is 8.37. The van der Waals surface area contributed by atoms with Crippen molar-refractivity contribution in [2.75, 3.05) is 32.1 Å². The van der Waals surface area contributed by atoms with Crippen LogP contribution in [0.5, 0.6) is 0 Å². The first kappa shape index (κ1) is 19.1. The van der Waals surface area contributed by atoms with Crippen molar-refractivity contribution in [1.82, 2.24) is 9.62 Å². The van der Waals surface area contributed by atoms with Crippen LogP contribution in [-0.2, 0) is 24.3 Å². The highest BCUT2D eigenvalue weighted by Gasteiger charge is 2.39. The van der Waals surface area contributed by atoms with Gasteiger partial charge in [-0.15, -0.1) is 0 Å². The minimum atomic E-state index is -3.32. The molecule has 9 heteroatoms. The SMILES string of the molecule is CCS(=O)(=O)N1CCCC(C(=O)NC2(CC(=O)O)CCOCC2)C1. The summed E-state index contributed by atoms with van der Waals surface area (Å²) in [4.78, 5) is 23.8. The van der Waals surface area contributed by atoms with Crippen LogP contribution in [-0.4, -0.2) is 67.3 Å². The Hall–Kier alpha value is -1.19. The van der Waals surface area contributed by atoms with Crippen LogP contribution in [0.15, 0.2) is 0 Å². The van der Waals surface area contributed by atoms with Crippen LogP contribution in [0.4, 0.5) is 0 Å². The largest absolute Gasteiger partial charge is 0.481 e. The molecule has 0 bridgehead atoms. The maximum absolute atomic E-state index is 12.6. The number of hydrogen-bond acceptors (Lipinski definition) is 5. The van der Waals surface area contributed by atoms with Crippen LogP contribution in [0.2, 0.25) is 0 Å². The van der Waals surface area contributed by atoms with Gasteiger partial charge in [0.1, 0.15) is 0 Å². The van der Waals surface area contributed by atoms with E-state index in [0.29, 0.717) is 45.4 Å². The van der Waals surface area contributed by atoms with E-state index in [1.165, 1.54) is 4.31 Å². The number of piperidine rings is 1. The zero-order valence-corrected chi connectivity index (χ0v) is 14.8. The van der Waals surface area contributed by atoms with Crippen molar-refractivity contribution in [3.8, 4) is 0 Å². The first-order valence-corrected chi connectivity index (χ1v) is 9.98. The molecule has 138 valence electrons. The molecule has 1 amide bonds. The lowest BCUT2D eigenvalue weighted by Gasteiger charge is -2.39. The van der Waals surface area contributed by atoms with E-state index < -0.39 is 27.4 Å². The van der Waals surface area contributed by atoms with E-state index in [1.807, 2.05) is 0 Å². The van der Waals surface area contributed by atoms with E-state index in [4.69, 9.17) is 9.84 Å². The number of ether oxygens (including phenoxy) is 1. The molecule has 0 aromatic carbocycles. The number of carboxylic acids is 1. The average molecular weight is 362 g/mol. The molecule has 8 nitrogen and oxygen atoms in total. The van der Waals surface area contributed by atoms with Gasteiger partial charge >= 0.3 is 5.97 Å². The molecule has 0 radical (unpaired) electrons. The monoisotopic (exact) mass is 362 g/mol. The molecule has 0 aromatic rings. The number of nitrogens with one attached hydrogen (secondary N) is 1. The molecule has 1 unspecified atom stereocenters. The fourth-order valence-electron chi connectivity index (χ4n) is 3.35. The number of aliphatic carboxylic acids is 1. The minimum absolute atomic E-state index is 0.0155. The fourth-order valence-corrected chi connectivity index (χ4v) is 4.53. The average Bonchev–Trinajstić information content (AvgIpc) is 2.55. The molecule has 0 spiro atoms. The maximum Gasteiger partial charge on any atom is 0.305 e. The molecule has 2 saturated heterocycles. The summed E-state index contributed by atoms with van der Waals surface area (Å²) in [5.41, 5.74) is -0.799. The second-order valence-corrected chi connectivity index (χ2v) is 8.81. The van der Waals surface area contributed by atoms with Crippen LogP contribution in [0.25, 0.3) is 0 Å². The summed E-state index contributed by atoms with van der Waals surface area (Å²) in [5.74, 6) is -1.64. The summed E-state index contributed by atoms with van der Waals surface area (Å²) >= 11 is 0. The third kappa shape index (κ3) is 4.67. The Morgan fingerprint density at radius 2 is 2.00 bits per heavy atom. The van der Waals surface area contributed by atoms with Gasteiger partial charge in [-0.1, -0.05) is 0 Å². The van der Waals surface area contributed by atoms with Crippen LogP contribution < -0.4 is 5.32 Å². The summed E-state index contributed by atoms with van der Waals surface area (Å²) in [5, 5.41) is 12.1. The van der Waals surface area contributed by atoms with Crippen molar-refractivity contribution in [3.05, 3.63) is 0 Å². The van der Waals surface area contributed by atoms with Gasteiger partial charge in [-0.3, -0.25) is 9.59 Å². The summed E-state index contributed by atoms with van der Waals surface area (Å²) in [7, 11) is -3.32. The molecule has 2 heterocycles.